The average molecular weight is 303 g/mol. The lowest BCUT2D eigenvalue weighted by molar-refractivity contribution is 0.104. The van der Waals surface area contributed by atoms with Gasteiger partial charge in [0.1, 0.15) is 0 Å². The molecule has 2 aliphatic carbocycles. The maximum atomic E-state index is 4.13. The molecule has 2 fully saturated rings. The molecule has 126 valence electrons. The molecule has 2 unspecified atom stereocenters. The topological polar surface area (TPSA) is 0 Å². The highest BCUT2D eigenvalue weighted by atomic mass is 14.5. The van der Waals surface area contributed by atoms with E-state index < -0.39 is 0 Å². The summed E-state index contributed by atoms with van der Waals surface area (Å²) in [6, 6.07) is 0. The summed E-state index contributed by atoms with van der Waals surface area (Å²) in [5.41, 5.74) is 5.54. The third-order valence-corrected chi connectivity index (χ3v) is 6.61. The third-order valence-electron chi connectivity index (χ3n) is 6.61. The zero-order valence-electron chi connectivity index (χ0n) is 16.0. The molecule has 0 heterocycles. The van der Waals surface area contributed by atoms with E-state index in [-0.39, 0.29) is 0 Å². The molecule has 0 nitrogen and oxygen atoms in total. The van der Waals surface area contributed by atoms with Crippen LogP contribution in [0, 0.1) is 22.7 Å². The summed E-state index contributed by atoms with van der Waals surface area (Å²) >= 11 is 0. The first kappa shape index (κ1) is 17.8. The van der Waals surface area contributed by atoms with Gasteiger partial charge in [-0.2, -0.15) is 0 Å². The van der Waals surface area contributed by atoms with E-state index in [4.69, 9.17) is 0 Å². The fourth-order valence-corrected chi connectivity index (χ4v) is 5.49. The van der Waals surface area contributed by atoms with Crippen molar-refractivity contribution in [1.29, 1.82) is 0 Å². The average Bonchev–Trinajstić information content (AvgIpc) is 2.58. The van der Waals surface area contributed by atoms with Crippen LogP contribution in [-0.2, 0) is 0 Å². The van der Waals surface area contributed by atoms with Gasteiger partial charge in [-0.1, -0.05) is 70.3 Å². The molecule has 2 aliphatic rings. The molecule has 0 aromatic rings. The van der Waals surface area contributed by atoms with E-state index in [0.29, 0.717) is 10.8 Å². The Hall–Kier alpha value is -0.520. The molecule has 0 heteroatoms. The summed E-state index contributed by atoms with van der Waals surface area (Å²) in [6.45, 7) is 18.8. The maximum Gasteiger partial charge on any atom is -0.0114 e. The molecule has 0 aromatic heterocycles. The third kappa shape index (κ3) is 3.87. The van der Waals surface area contributed by atoms with Crippen LogP contribution in [0.3, 0.4) is 0 Å². The number of rotatable bonds is 2. The minimum atomic E-state index is 0.362. The van der Waals surface area contributed by atoms with Crippen LogP contribution >= 0.6 is 0 Å². The van der Waals surface area contributed by atoms with Crippen molar-refractivity contribution < 1.29 is 0 Å². The Bertz CT molecular complexity index is 447. The number of fused-ring (bicyclic) bond motifs is 1. The number of hydrogen-bond donors (Lipinski definition) is 0. The molecule has 0 saturated heterocycles. The minimum absolute atomic E-state index is 0.362. The SMILES string of the molecule is C=C(C)C/C(C)=C1\CCC2CCCCC(C)(C)C2CC1(C)C. The summed E-state index contributed by atoms with van der Waals surface area (Å²) < 4.78 is 0. The van der Waals surface area contributed by atoms with Crippen molar-refractivity contribution in [2.24, 2.45) is 22.7 Å². The van der Waals surface area contributed by atoms with Crippen molar-refractivity contribution in [1.82, 2.24) is 0 Å². The van der Waals surface area contributed by atoms with Gasteiger partial charge in [0.2, 0.25) is 0 Å². The van der Waals surface area contributed by atoms with Gasteiger partial charge in [0.05, 0.1) is 0 Å². The fraction of sp³-hybridized carbons (Fsp3) is 0.818. The van der Waals surface area contributed by atoms with E-state index in [9.17, 15) is 0 Å². The van der Waals surface area contributed by atoms with Crippen LogP contribution in [-0.4, -0.2) is 0 Å². The monoisotopic (exact) mass is 302 g/mol. The van der Waals surface area contributed by atoms with Gasteiger partial charge in [0, 0.05) is 0 Å². The van der Waals surface area contributed by atoms with Crippen molar-refractivity contribution in [2.75, 3.05) is 0 Å². The predicted molar refractivity (Wildman–Crippen MR) is 99.0 cm³/mol. The molecule has 2 saturated carbocycles. The summed E-state index contributed by atoms with van der Waals surface area (Å²) in [4.78, 5) is 0. The Morgan fingerprint density at radius 3 is 2.41 bits per heavy atom. The number of hydrogen-bond acceptors (Lipinski definition) is 0. The van der Waals surface area contributed by atoms with Crippen LogP contribution < -0.4 is 0 Å². The second kappa shape index (κ2) is 6.54. The lowest BCUT2D eigenvalue weighted by atomic mass is 9.64. The van der Waals surface area contributed by atoms with Gasteiger partial charge in [-0.15, -0.1) is 0 Å². The highest BCUT2D eigenvalue weighted by Gasteiger charge is 2.43. The van der Waals surface area contributed by atoms with E-state index in [2.05, 4.69) is 48.1 Å². The Labute approximate surface area is 139 Å². The molecule has 2 rings (SSSR count). The first-order valence-corrected chi connectivity index (χ1v) is 9.47. The van der Waals surface area contributed by atoms with E-state index in [1.807, 2.05) is 0 Å². The van der Waals surface area contributed by atoms with Crippen LogP contribution in [0.5, 0.6) is 0 Å². The summed E-state index contributed by atoms with van der Waals surface area (Å²) in [7, 11) is 0. The fourth-order valence-electron chi connectivity index (χ4n) is 5.49. The van der Waals surface area contributed by atoms with E-state index >= 15 is 0 Å². The van der Waals surface area contributed by atoms with Crippen LogP contribution in [0.15, 0.2) is 23.3 Å². The van der Waals surface area contributed by atoms with Crippen molar-refractivity contribution in [3.05, 3.63) is 23.3 Å². The Kier molecular flexibility index (Phi) is 5.30. The van der Waals surface area contributed by atoms with Gasteiger partial charge < -0.3 is 0 Å². The van der Waals surface area contributed by atoms with Crippen molar-refractivity contribution in [3.63, 3.8) is 0 Å². The van der Waals surface area contributed by atoms with Crippen LogP contribution in [0.4, 0.5) is 0 Å². The summed E-state index contributed by atoms with van der Waals surface area (Å²) in [5.74, 6) is 1.85. The van der Waals surface area contributed by atoms with Crippen molar-refractivity contribution in [3.8, 4) is 0 Å². The normalized spacial score (nSPS) is 33.4. The quantitative estimate of drug-likeness (QED) is 0.469. The van der Waals surface area contributed by atoms with Gasteiger partial charge in [0.15, 0.2) is 0 Å². The van der Waals surface area contributed by atoms with Gasteiger partial charge in [-0.25, -0.2) is 0 Å². The first-order valence-electron chi connectivity index (χ1n) is 9.47. The van der Waals surface area contributed by atoms with Gasteiger partial charge in [0.25, 0.3) is 0 Å². The van der Waals surface area contributed by atoms with Crippen molar-refractivity contribution in [2.45, 2.75) is 92.9 Å². The zero-order valence-corrected chi connectivity index (χ0v) is 16.0. The van der Waals surface area contributed by atoms with Gasteiger partial charge in [-0.3, -0.25) is 0 Å². The second-order valence-corrected chi connectivity index (χ2v) is 9.62. The Balaban J connectivity index is 2.33. The predicted octanol–water partition coefficient (Wildman–Crippen LogP) is 7.31. The van der Waals surface area contributed by atoms with Gasteiger partial charge in [-0.05, 0) is 68.6 Å². The van der Waals surface area contributed by atoms with E-state index in [1.54, 1.807) is 11.1 Å². The van der Waals surface area contributed by atoms with Crippen LogP contribution in [0.25, 0.3) is 0 Å². The smallest absolute Gasteiger partial charge is 0.0114 e. The number of allylic oxidation sites excluding steroid dienone is 3. The van der Waals surface area contributed by atoms with Gasteiger partial charge >= 0.3 is 0 Å². The molecular formula is C22H38. The van der Waals surface area contributed by atoms with Crippen LogP contribution in [0.2, 0.25) is 0 Å². The zero-order chi connectivity index (χ0) is 16.5. The van der Waals surface area contributed by atoms with E-state index in [1.165, 1.54) is 50.5 Å². The standard InChI is InChI=1S/C22H38/c1-16(2)14-17(3)19-12-11-18-10-8-9-13-21(4,5)20(18)15-22(19,6)7/h18,20H,1,8-15H2,2-7H3/b19-17+. The molecule has 0 spiro atoms. The lowest BCUT2D eigenvalue weighted by Gasteiger charge is -2.41. The molecule has 0 aliphatic heterocycles. The van der Waals surface area contributed by atoms with Crippen molar-refractivity contribution >= 4 is 0 Å². The highest BCUT2D eigenvalue weighted by Crippen LogP contribution is 2.54. The van der Waals surface area contributed by atoms with E-state index in [0.717, 1.165) is 18.3 Å². The minimum Gasteiger partial charge on any atom is -0.0998 e. The molecule has 0 aromatic carbocycles. The molecule has 0 bridgehead atoms. The molecule has 0 radical (unpaired) electrons. The summed E-state index contributed by atoms with van der Waals surface area (Å²) in [6.07, 6.45) is 11.0. The van der Waals surface area contributed by atoms with Crippen LogP contribution in [0.1, 0.15) is 92.9 Å². The maximum absolute atomic E-state index is 4.13. The molecule has 0 amide bonds. The molecule has 2 atom stereocenters. The lowest BCUT2D eigenvalue weighted by Crippen LogP contribution is -2.32. The highest BCUT2D eigenvalue weighted by molar-refractivity contribution is 5.24. The Morgan fingerprint density at radius 2 is 1.77 bits per heavy atom. The molecule has 0 N–H and O–H groups in total. The largest absolute Gasteiger partial charge is 0.0998 e. The molecular weight excluding hydrogens is 264 g/mol. The first-order chi connectivity index (χ1) is 10.1. The Morgan fingerprint density at radius 1 is 1.09 bits per heavy atom. The molecule has 22 heavy (non-hydrogen) atoms. The second-order valence-electron chi connectivity index (χ2n) is 9.62. The summed E-state index contributed by atoms with van der Waals surface area (Å²) in [5, 5.41) is 0.